The Morgan fingerprint density at radius 1 is 0.579 bits per heavy atom. The van der Waals surface area contributed by atoms with Gasteiger partial charge in [0, 0.05) is 0 Å². The van der Waals surface area contributed by atoms with Crippen LogP contribution in [-0.2, 0) is 6.51 Å². The summed E-state index contributed by atoms with van der Waals surface area (Å²) in [5.74, 6) is 0. The van der Waals surface area contributed by atoms with Gasteiger partial charge in [0.05, 0.1) is 0 Å². The quantitative estimate of drug-likeness (QED) is 0.297. The molecule has 0 amide bonds. The summed E-state index contributed by atoms with van der Waals surface area (Å²) >= 11 is 39.5. The zero-order valence-electron chi connectivity index (χ0n) is 9.24. The van der Waals surface area contributed by atoms with Crippen LogP contribution in [0.3, 0.4) is 0 Å². The van der Waals surface area contributed by atoms with E-state index in [1.54, 1.807) is 0 Å². The van der Waals surface area contributed by atoms with Gasteiger partial charge in [-0.2, -0.15) is 0 Å². The van der Waals surface area contributed by atoms with E-state index in [9.17, 15) is 0 Å². The molecule has 0 aromatic heterocycles. The Morgan fingerprint density at radius 3 is 0.947 bits per heavy atom. The van der Waals surface area contributed by atoms with Crippen molar-refractivity contribution in [3.05, 3.63) is 0 Å². The molecular formula is C12H8Cl6Fe. The second-order valence-corrected chi connectivity index (χ2v) is 38.5. The van der Waals surface area contributed by atoms with E-state index in [-0.39, 0.29) is 8.63 Å². The van der Waals surface area contributed by atoms with E-state index < -0.39 is 14.1 Å². The summed E-state index contributed by atoms with van der Waals surface area (Å²) in [6.07, 6.45) is 0. The zero-order valence-corrected chi connectivity index (χ0v) is 14.9. The van der Waals surface area contributed by atoms with Crippen molar-refractivity contribution in [3.63, 3.8) is 0 Å². The molecule has 1 spiro atoms. The van der Waals surface area contributed by atoms with E-state index >= 15 is 0 Å². The minimum absolute atomic E-state index is 0.0932. The molecule has 0 radical (unpaired) electrons. The number of alkyl halides is 6. The van der Waals surface area contributed by atoms with Gasteiger partial charge in [0.1, 0.15) is 0 Å². The van der Waals surface area contributed by atoms with Gasteiger partial charge >= 0.3 is 131 Å². The van der Waals surface area contributed by atoms with Gasteiger partial charge < -0.3 is 0 Å². The standard InChI is InChI=1S/2C6H4Cl3.Fe/c2*7-6(8,9)5-3-1-2-4-5;/h2*1-4H;. The average Bonchev–Trinajstić information content (AvgIpc) is 3.21. The molecule has 10 fully saturated rings. The number of halogens is 6. The van der Waals surface area contributed by atoms with E-state index in [1.165, 1.54) is 0 Å². The summed E-state index contributed by atoms with van der Waals surface area (Å²) in [5, 5.41) is 0. The Kier molecular flexibility index (Phi) is 0.415. The zero-order chi connectivity index (χ0) is 12.9. The van der Waals surface area contributed by atoms with E-state index in [0.29, 0.717) is 0 Å². The normalized spacial score (nSPS) is 114. The third kappa shape index (κ3) is 0.111. The topological polar surface area (TPSA) is 0 Å². The van der Waals surface area contributed by atoms with Crippen molar-refractivity contribution >= 4 is 69.6 Å². The van der Waals surface area contributed by atoms with Crippen molar-refractivity contribution in [2.24, 2.45) is 0 Å². The van der Waals surface area contributed by atoms with Crippen molar-refractivity contribution in [2.75, 3.05) is 0 Å². The summed E-state index contributed by atoms with van der Waals surface area (Å²) in [6, 6.07) is 0. The Hall–Kier alpha value is 2.26. The first-order chi connectivity index (χ1) is 8.43. The molecule has 8 unspecified atom stereocenters. The Bertz CT molecular complexity index is 996. The van der Waals surface area contributed by atoms with Gasteiger partial charge in [-0.15, -0.1) is 0 Å². The third-order valence-corrected chi connectivity index (χ3v) is 61.4. The summed E-state index contributed by atoms with van der Waals surface area (Å²) in [6.45, 7) is -3.88. The molecule has 0 bridgehead atoms. The van der Waals surface area contributed by atoms with Crippen LogP contribution in [0, 0.1) is 0 Å². The number of fused-ring (bicyclic) bond motifs is 10. The molecule has 0 aliphatic carbocycles. The molecule has 0 N–H and O–H groups in total. The van der Waals surface area contributed by atoms with Crippen molar-refractivity contribution < 1.29 is 6.51 Å². The van der Waals surface area contributed by atoms with Crippen LogP contribution in [0.2, 0.25) is 47.2 Å². The summed E-state index contributed by atoms with van der Waals surface area (Å²) in [4.78, 5) is 6.94. The van der Waals surface area contributed by atoms with Gasteiger partial charge in [0.2, 0.25) is 0 Å². The fraction of sp³-hybridized carbons (Fsp3) is 1.00. The summed E-state index contributed by atoms with van der Waals surface area (Å²) < 4.78 is -1.97. The molecule has 0 aromatic rings. The van der Waals surface area contributed by atoms with Crippen LogP contribution in [0.4, 0.5) is 0 Å². The van der Waals surface area contributed by atoms with Crippen molar-refractivity contribution in [1.29, 1.82) is 0 Å². The van der Waals surface area contributed by atoms with Crippen LogP contribution >= 0.6 is 69.6 Å². The Labute approximate surface area is 130 Å². The molecule has 10 aliphatic rings. The van der Waals surface area contributed by atoms with Gasteiger partial charge in [0.25, 0.3) is 0 Å². The van der Waals surface area contributed by atoms with Crippen molar-refractivity contribution in [2.45, 2.75) is 54.7 Å². The fourth-order valence-corrected chi connectivity index (χ4v) is 105. The van der Waals surface area contributed by atoms with Gasteiger partial charge in [-0.25, -0.2) is 0 Å². The first-order valence-electron chi connectivity index (χ1n) is 6.78. The summed E-state index contributed by atoms with van der Waals surface area (Å²) in [5.41, 5.74) is 0. The molecule has 106 valence electrons. The molecule has 8 atom stereocenters. The molecule has 7 heteroatoms. The van der Waals surface area contributed by atoms with Crippen LogP contribution < -0.4 is 0 Å². The van der Waals surface area contributed by atoms with Crippen LogP contribution in [0.5, 0.6) is 0 Å². The Morgan fingerprint density at radius 2 is 0.842 bits per heavy atom. The van der Waals surface area contributed by atoms with Gasteiger partial charge in [-0.05, 0) is 0 Å². The van der Waals surface area contributed by atoms with Crippen LogP contribution in [0.1, 0.15) is 0 Å². The first-order valence-corrected chi connectivity index (χ1v) is 15.2. The predicted molar refractivity (Wildman–Crippen MR) is 76.0 cm³/mol. The number of hydrogen-bond donors (Lipinski definition) is 0. The molecule has 0 saturated carbocycles. The van der Waals surface area contributed by atoms with Crippen LogP contribution in [0.25, 0.3) is 0 Å². The molecule has 0 nitrogen and oxygen atoms in total. The average molecular weight is 421 g/mol. The second kappa shape index (κ2) is 0.828. The molecule has 10 aliphatic heterocycles. The first kappa shape index (κ1) is 9.53. The monoisotopic (exact) mass is 418 g/mol. The maximum atomic E-state index is 6.59. The maximum absolute atomic E-state index is 6.59. The number of rotatable bonds is 0. The van der Waals surface area contributed by atoms with Crippen molar-refractivity contribution in [3.8, 4) is 0 Å². The van der Waals surface area contributed by atoms with E-state index in [0.717, 1.165) is 38.5 Å². The van der Waals surface area contributed by atoms with E-state index in [2.05, 4.69) is 0 Å². The predicted octanol–water partition coefficient (Wildman–Crippen LogP) is 6.86. The molecule has 19 heavy (non-hydrogen) atoms. The summed E-state index contributed by atoms with van der Waals surface area (Å²) in [7, 11) is 0. The van der Waals surface area contributed by atoms with E-state index in [4.69, 9.17) is 69.6 Å². The number of hydrogen-bond acceptors (Lipinski definition) is 0. The van der Waals surface area contributed by atoms with Gasteiger partial charge in [-0.1, -0.05) is 0 Å². The molecular weight excluding hydrogens is 413 g/mol. The van der Waals surface area contributed by atoms with Crippen LogP contribution in [0.15, 0.2) is 0 Å². The van der Waals surface area contributed by atoms with Crippen LogP contribution in [-0.4, -0.2) is 7.59 Å². The van der Waals surface area contributed by atoms with Gasteiger partial charge in [0.15, 0.2) is 0 Å². The molecule has 10 rings (SSSR count). The second-order valence-electron chi connectivity index (χ2n) is 10.8. The minimum atomic E-state index is -3.88. The SMILES string of the molecule is ClC(Cl)(Cl)[C]12[CH]3[CH]4[CH]5[CH]1[Fe]45321678[CH]2[CH]1[CH]6[C]7(C(Cl)(Cl)Cl)[CH]28. The van der Waals surface area contributed by atoms with Gasteiger partial charge in [-0.3, -0.25) is 0 Å². The molecule has 10 saturated heterocycles. The Balaban J connectivity index is 1.64. The van der Waals surface area contributed by atoms with Crippen molar-refractivity contribution in [1.82, 2.24) is 0 Å². The molecule has 10 heterocycles. The fourth-order valence-electron chi connectivity index (χ4n) is 18.1. The third-order valence-electron chi connectivity index (χ3n) is 15.7. The molecule has 0 aromatic carbocycles. The van der Waals surface area contributed by atoms with E-state index in [1.807, 2.05) is 0 Å².